The summed E-state index contributed by atoms with van der Waals surface area (Å²) in [6.45, 7) is 3.15. The number of fused-ring (bicyclic) bond motifs is 1. The lowest BCUT2D eigenvalue weighted by atomic mass is 9.78. The Bertz CT molecular complexity index is 1370. The molecule has 1 unspecified atom stereocenters. The summed E-state index contributed by atoms with van der Waals surface area (Å²) in [6.07, 6.45) is 4.31. The van der Waals surface area contributed by atoms with E-state index in [0.717, 1.165) is 56.7 Å². The van der Waals surface area contributed by atoms with Gasteiger partial charge in [0, 0.05) is 38.2 Å². The van der Waals surface area contributed by atoms with Crippen LogP contribution in [0.3, 0.4) is 0 Å². The molecule has 0 aliphatic carbocycles. The van der Waals surface area contributed by atoms with Gasteiger partial charge in [-0.15, -0.1) is 0 Å². The highest BCUT2D eigenvalue weighted by Gasteiger charge is 2.40. The van der Waals surface area contributed by atoms with Crippen molar-refractivity contribution in [2.45, 2.75) is 51.1 Å². The first-order chi connectivity index (χ1) is 19.3. The summed E-state index contributed by atoms with van der Waals surface area (Å²) in [5.41, 5.74) is 1.34. The molecule has 4 aliphatic heterocycles. The highest BCUT2D eigenvalue weighted by atomic mass is 19.2. The van der Waals surface area contributed by atoms with E-state index < -0.39 is 23.6 Å². The minimum Gasteiger partial charge on any atom is -0.357 e. The number of hydrogen-bond donors (Lipinski definition) is 1. The molecule has 0 saturated carbocycles. The zero-order chi connectivity index (χ0) is 28.0. The predicted molar refractivity (Wildman–Crippen MR) is 140 cm³/mol. The molecular formula is C29H31F2N5O4. The number of nitrogens with one attached hydrogen (secondary N) is 1. The van der Waals surface area contributed by atoms with E-state index >= 15 is 0 Å². The maximum atomic E-state index is 13.6. The van der Waals surface area contributed by atoms with Gasteiger partial charge in [-0.2, -0.15) is 0 Å². The molecule has 5 heterocycles. The second-order valence-electron chi connectivity index (χ2n) is 11.1. The molecule has 4 amide bonds. The molecule has 210 valence electrons. The highest BCUT2D eigenvalue weighted by Crippen LogP contribution is 2.35. The van der Waals surface area contributed by atoms with Crippen LogP contribution in [0.2, 0.25) is 0 Å². The summed E-state index contributed by atoms with van der Waals surface area (Å²) in [5, 5.41) is 2.32. The van der Waals surface area contributed by atoms with Crippen molar-refractivity contribution in [3.05, 3.63) is 58.8 Å². The Morgan fingerprint density at radius 1 is 0.875 bits per heavy atom. The van der Waals surface area contributed by atoms with E-state index in [1.165, 1.54) is 11.0 Å². The van der Waals surface area contributed by atoms with Crippen LogP contribution in [0.25, 0.3) is 0 Å². The van der Waals surface area contributed by atoms with Crippen LogP contribution in [0, 0.1) is 23.5 Å². The molecule has 0 bridgehead atoms. The summed E-state index contributed by atoms with van der Waals surface area (Å²) in [4.78, 5) is 59.8. The number of halogens is 2. The third-order valence-corrected chi connectivity index (χ3v) is 8.88. The molecule has 0 spiro atoms. The third-order valence-electron chi connectivity index (χ3n) is 8.88. The largest absolute Gasteiger partial charge is 0.357 e. The zero-order valence-electron chi connectivity index (χ0n) is 22.1. The number of benzene rings is 1. The molecular weight excluding hydrogens is 520 g/mol. The van der Waals surface area contributed by atoms with Gasteiger partial charge >= 0.3 is 0 Å². The number of likely N-dealkylation sites (tertiary alicyclic amines) is 1. The molecule has 9 nitrogen and oxygen atoms in total. The number of carbonyl (C=O) groups excluding carboxylic acids is 4. The molecule has 0 radical (unpaired) electrons. The van der Waals surface area contributed by atoms with E-state index in [9.17, 15) is 28.0 Å². The summed E-state index contributed by atoms with van der Waals surface area (Å²) < 4.78 is 26.8. The maximum Gasteiger partial charge on any atom is 0.256 e. The van der Waals surface area contributed by atoms with Gasteiger partial charge in [0.05, 0.1) is 17.8 Å². The van der Waals surface area contributed by atoms with Crippen molar-refractivity contribution < 1.29 is 28.0 Å². The van der Waals surface area contributed by atoms with E-state index in [1.54, 1.807) is 11.0 Å². The molecule has 40 heavy (non-hydrogen) atoms. The number of aromatic nitrogens is 1. The molecule has 3 saturated heterocycles. The Hall–Kier alpha value is -3.89. The molecule has 2 aromatic rings. The van der Waals surface area contributed by atoms with Gasteiger partial charge in [0.2, 0.25) is 11.8 Å². The zero-order valence-corrected chi connectivity index (χ0v) is 22.1. The number of imide groups is 1. The van der Waals surface area contributed by atoms with Crippen molar-refractivity contribution in [1.29, 1.82) is 0 Å². The number of nitrogens with zero attached hydrogens (tertiary/aromatic N) is 4. The van der Waals surface area contributed by atoms with E-state index in [0.29, 0.717) is 42.6 Å². The van der Waals surface area contributed by atoms with Crippen LogP contribution < -0.4 is 10.2 Å². The summed E-state index contributed by atoms with van der Waals surface area (Å²) >= 11 is 0. The van der Waals surface area contributed by atoms with Gasteiger partial charge < -0.3 is 14.7 Å². The van der Waals surface area contributed by atoms with Crippen LogP contribution >= 0.6 is 0 Å². The molecule has 4 aliphatic rings. The van der Waals surface area contributed by atoms with Crippen LogP contribution in [0.4, 0.5) is 14.6 Å². The molecule has 1 N–H and O–H groups in total. The second kappa shape index (κ2) is 10.6. The fourth-order valence-corrected chi connectivity index (χ4v) is 6.59. The average molecular weight is 552 g/mol. The van der Waals surface area contributed by atoms with Crippen LogP contribution in [0.5, 0.6) is 0 Å². The Kier molecular flexibility index (Phi) is 6.97. The maximum absolute atomic E-state index is 13.6. The number of hydrogen-bond acceptors (Lipinski definition) is 6. The van der Waals surface area contributed by atoms with Crippen molar-refractivity contribution in [3.63, 3.8) is 0 Å². The van der Waals surface area contributed by atoms with E-state index in [1.807, 2.05) is 6.07 Å². The summed E-state index contributed by atoms with van der Waals surface area (Å²) in [7, 11) is 0. The first-order valence-corrected chi connectivity index (χ1v) is 13.9. The van der Waals surface area contributed by atoms with Crippen LogP contribution in [-0.2, 0) is 16.1 Å². The fraction of sp³-hybridized carbons (Fsp3) is 0.483. The van der Waals surface area contributed by atoms with Crippen molar-refractivity contribution in [2.75, 3.05) is 31.1 Å². The number of anilines is 1. The van der Waals surface area contributed by atoms with E-state index in [-0.39, 0.29) is 36.3 Å². The predicted octanol–water partition coefficient (Wildman–Crippen LogP) is 2.89. The summed E-state index contributed by atoms with van der Waals surface area (Å²) in [6, 6.07) is 6.29. The highest BCUT2D eigenvalue weighted by molar-refractivity contribution is 6.05. The van der Waals surface area contributed by atoms with Gasteiger partial charge in [0.25, 0.3) is 11.8 Å². The minimum atomic E-state index is -1.01. The van der Waals surface area contributed by atoms with E-state index in [4.69, 9.17) is 4.98 Å². The first-order valence-electron chi connectivity index (χ1n) is 13.9. The fourth-order valence-electron chi connectivity index (χ4n) is 6.59. The summed E-state index contributed by atoms with van der Waals surface area (Å²) in [5.74, 6) is -1.33. The lowest BCUT2D eigenvalue weighted by molar-refractivity contribution is -0.136. The lowest BCUT2D eigenvalue weighted by Gasteiger charge is -2.40. The molecule has 6 rings (SSSR count). The third kappa shape index (κ3) is 4.93. The van der Waals surface area contributed by atoms with Gasteiger partial charge in [-0.3, -0.25) is 24.5 Å². The normalized spacial score (nSPS) is 22.5. The number of pyridine rings is 1. The van der Waals surface area contributed by atoms with Gasteiger partial charge in [-0.25, -0.2) is 13.8 Å². The van der Waals surface area contributed by atoms with Gasteiger partial charge in [0.15, 0.2) is 11.6 Å². The molecule has 1 atom stereocenters. The van der Waals surface area contributed by atoms with Crippen LogP contribution in [0.15, 0.2) is 30.3 Å². The molecule has 1 aromatic carbocycles. The quantitative estimate of drug-likeness (QED) is 0.587. The van der Waals surface area contributed by atoms with Gasteiger partial charge in [-0.1, -0.05) is 0 Å². The topological polar surface area (TPSA) is 103 Å². The first kappa shape index (κ1) is 26.3. The molecule has 11 heteroatoms. The molecule has 3 fully saturated rings. The van der Waals surface area contributed by atoms with Crippen LogP contribution in [0.1, 0.15) is 64.9 Å². The smallest absolute Gasteiger partial charge is 0.256 e. The monoisotopic (exact) mass is 551 g/mol. The van der Waals surface area contributed by atoms with Gasteiger partial charge in [0.1, 0.15) is 11.9 Å². The number of rotatable bonds is 4. The molecule has 1 aromatic heterocycles. The minimum absolute atomic E-state index is 0.175. The lowest BCUT2D eigenvalue weighted by Crippen LogP contribution is -2.52. The van der Waals surface area contributed by atoms with Gasteiger partial charge in [-0.05, 0) is 74.3 Å². The Morgan fingerprint density at radius 2 is 1.57 bits per heavy atom. The number of amides is 4. The van der Waals surface area contributed by atoms with Crippen molar-refractivity contribution >= 4 is 29.4 Å². The van der Waals surface area contributed by atoms with E-state index in [2.05, 4.69) is 10.2 Å². The van der Waals surface area contributed by atoms with Crippen LogP contribution in [-0.4, -0.2) is 70.6 Å². The Labute approximate surface area is 230 Å². The van der Waals surface area contributed by atoms with Crippen molar-refractivity contribution in [3.8, 4) is 0 Å². The second-order valence-corrected chi connectivity index (χ2v) is 11.1. The standard InChI is InChI=1S/C29H31F2N5O4/c30-21-3-1-19(15-22(21)31)28(39)35-13-9-18(10-14-35)17-7-11-34(12-8-17)25-5-2-20-23(32-25)16-36(29(20)40)24-4-6-26(37)33-27(24)38/h1-3,5,15,17-18,24H,4,6-14,16H2,(H,33,37,38). The van der Waals surface area contributed by atoms with Crippen molar-refractivity contribution in [2.24, 2.45) is 11.8 Å². The van der Waals surface area contributed by atoms with Crippen molar-refractivity contribution in [1.82, 2.24) is 20.1 Å². The average Bonchev–Trinajstić information content (AvgIpc) is 3.29. The SMILES string of the molecule is O=C1CCC(N2Cc3nc(N4CCC(C5CCN(C(=O)c6ccc(F)c(F)c6)CC5)CC4)ccc3C2=O)C(=O)N1. The number of piperidine rings is 3. The number of carbonyl (C=O) groups is 4. The Morgan fingerprint density at radius 3 is 2.25 bits per heavy atom. The Balaban J connectivity index is 1.02.